The van der Waals surface area contributed by atoms with Gasteiger partial charge in [-0.25, -0.2) is 4.39 Å². The van der Waals surface area contributed by atoms with Crippen LogP contribution in [0, 0.1) is 12.7 Å². The molecule has 0 unspecified atom stereocenters. The first-order valence-electron chi connectivity index (χ1n) is 7.80. The van der Waals surface area contributed by atoms with Gasteiger partial charge in [0.25, 0.3) is 0 Å². The maximum Gasteiger partial charge on any atom is 0.234 e. The molecule has 26 heavy (non-hydrogen) atoms. The SMILES string of the molecule is Cc1ccccc1-c1ccc(SCC(=O)Nc2ccc(F)c(Cl)c2)nn1. The molecule has 0 aliphatic rings. The minimum atomic E-state index is -0.525. The lowest BCUT2D eigenvalue weighted by molar-refractivity contribution is -0.113. The van der Waals surface area contributed by atoms with Gasteiger partial charge in [0.15, 0.2) is 0 Å². The first-order valence-corrected chi connectivity index (χ1v) is 9.17. The molecule has 1 aromatic heterocycles. The fraction of sp³-hybridized carbons (Fsp3) is 0.105. The van der Waals surface area contributed by atoms with E-state index in [9.17, 15) is 9.18 Å². The second-order valence-corrected chi connectivity index (χ2v) is 6.94. The van der Waals surface area contributed by atoms with E-state index in [2.05, 4.69) is 15.5 Å². The summed E-state index contributed by atoms with van der Waals surface area (Å²) in [5, 5.41) is 11.7. The topological polar surface area (TPSA) is 54.9 Å². The summed E-state index contributed by atoms with van der Waals surface area (Å²) in [6.07, 6.45) is 0. The zero-order valence-corrected chi connectivity index (χ0v) is 15.4. The highest BCUT2D eigenvalue weighted by molar-refractivity contribution is 7.99. The number of nitrogens with one attached hydrogen (secondary N) is 1. The van der Waals surface area contributed by atoms with Crippen molar-refractivity contribution in [2.45, 2.75) is 11.9 Å². The molecule has 1 N–H and O–H groups in total. The molecule has 4 nitrogen and oxygen atoms in total. The summed E-state index contributed by atoms with van der Waals surface area (Å²) in [6.45, 7) is 2.02. The maximum atomic E-state index is 13.1. The van der Waals surface area contributed by atoms with E-state index in [1.165, 1.54) is 30.0 Å². The Hall–Kier alpha value is -2.44. The van der Waals surface area contributed by atoms with Gasteiger partial charge in [-0.05, 0) is 42.8 Å². The largest absolute Gasteiger partial charge is 0.325 e. The van der Waals surface area contributed by atoms with Crippen LogP contribution in [0.1, 0.15) is 5.56 Å². The molecule has 0 atom stereocenters. The molecule has 1 heterocycles. The highest BCUT2D eigenvalue weighted by atomic mass is 35.5. The molecule has 0 saturated carbocycles. The number of hydrogen-bond donors (Lipinski definition) is 1. The van der Waals surface area contributed by atoms with E-state index in [1.54, 1.807) is 0 Å². The number of thioether (sulfide) groups is 1. The molecule has 0 spiro atoms. The molecule has 3 rings (SSSR count). The summed E-state index contributed by atoms with van der Waals surface area (Å²) >= 11 is 6.97. The first-order chi connectivity index (χ1) is 12.5. The molecule has 0 aliphatic heterocycles. The van der Waals surface area contributed by atoms with Crippen molar-refractivity contribution in [3.8, 4) is 11.3 Å². The third-order valence-electron chi connectivity index (χ3n) is 3.62. The van der Waals surface area contributed by atoms with Crippen molar-refractivity contribution < 1.29 is 9.18 Å². The van der Waals surface area contributed by atoms with E-state index in [1.807, 2.05) is 43.3 Å². The number of carbonyl (C=O) groups is 1. The van der Waals surface area contributed by atoms with Crippen LogP contribution in [0.25, 0.3) is 11.3 Å². The number of carbonyl (C=O) groups excluding carboxylic acids is 1. The lowest BCUT2D eigenvalue weighted by atomic mass is 10.1. The van der Waals surface area contributed by atoms with Gasteiger partial charge in [0.2, 0.25) is 5.91 Å². The van der Waals surface area contributed by atoms with Crippen LogP contribution in [0.5, 0.6) is 0 Å². The van der Waals surface area contributed by atoms with Gasteiger partial charge in [0, 0.05) is 11.3 Å². The number of anilines is 1. The highest BCUT2D eigenvalue weighted by Crippen LogP contribution is 2.23. The van der Waals surface area contributed by atoms with Gasteiger partial charge in [-0.1, -0.05) is 47.6 Å². The molecule has 0 radical (unpaired) electrons. The van der Waals surface area contributed by atoms with Gasteiger partial charge < -0.3 is 5.32 Å². The Morgan fingerprint density at radius 1 is 1.15 bits per heavy atom. The fourth-order valence-corrected chi connectivity index (χ4v) is 3.11. The molecule has 7 heteroatoms. The molecule has 3 aromatic rings. The second kappa shape index (κ2) is 8.29. The van der Waals surface area contributed by atoms with Gasteiger partial charge >= 0.3 is 0 Å². The second-order valence-electron chi connectivity index (χ2n) is 5.54. The van der Waals surface area contributed by atoms with Crippen molar-refractivity contribution in [1.82, 2.24) is 10.2 Å². The van der Waals surface area contributed by atoms with E-state index < -0.39 is 5.82 Å². The minimum absolute atomic E-state index is 0.0342. The van der Waals surface area contributed by atoms with Crippen LogP contribution in [-0.2, 0) is 4.79 Å². The van der Waals surface area contributed by atoms with Gasteiger partial charge in [-0.2, -0.15) is 0 Å². The normalized spacial score (nSPS) is 10.6. The fourth-order valence-electron chi connectivity index (χ4n) is 2.31. The van der Waals surface area contributed by atoms with Crippen LogP contribution in [0.2, 0.25) is 5.02 Å². The van der Waals surface area contributed by atoms with Crippen LogP contribution in [0.3, 0.4) is 0 Å². The van der Waals surface area contributed by atoms with E-state index in [0.29, 0.717) is 10.7 Å². The average Bonchev–Trinajstić information content (AvgIpc) is 2.64. The summed E-state index contributed by atoms with van der Waals surface area (Å²) in [5.74, 6) is -0.599. The van der Waals surface area contributed by atoms with Crippen molar-refractivity contribution in [2.75, 3.05) is 11.1 Å². The van der Waals surface area contributed by atoms with Crippen LogP contribution >= 0.6 is 23.4 Å². The maximum absolute atomic E-state index is 13.1. The minimum Gasteiger partial charge on any atom is -0.325 e. The van der Waals surface area contributed by atoms with Crippen molar-refractivity contribution in [2.24, 2.45) is 0 Å². The Bertz CT molecular complexity index is 934. The standard InChI is InChI=1S/C19H15ClFN3OS/c1-12-4-2-3-5-14(12)17-8-9-19(24-23-17)26-11-18(25)22-13-6-7-16(21)15(20)10-13/h2-10H,11H2,1H3,(H,22,25). The van der Waals surface area contributed by atoms with Gasteiger partial charge in [-0.3, -0.25) is 4.79 Å². The van der Waals surface area contributed by atoms with Crippen molar-refractivity contribution in [3.05, 3.63) is 71.0 Å². The molecule has 0 bridgehead atoms. The highest BCUT2D eigenvalue weighted by Gasteiger charge is 2.08. The summed E-state index contributed by atoms with van der Waals surface area (Å²) in [6, 6.07) is 15.7. The summed E-state index contributed by atoms with van der Waals surface area (Å²) < 4.78 is 13.1. The average molecular weight is 388 g/mol. The number of aryl methyl sites for hydroxylation is 1. The Balaban J connectivity index is 1.58. The molecular weight excluding hydrogens is 373 g/mol. The number of aromatic nitrogens is 2. The monoisotopic (exact) mass is 387 g/mol. The predicted octanol–water partition coefficient (Wildman–Crippen LogP) is 4.98. The van der Waals surface area contributed by atoms with Crippen molar-refractivity contribution >= 4 is 35.0 Å². The summed E-state index contributed by atoms with van der Waals surface area (Å²) in [4.78, 5) is 12.0. The summed E-state index contributed by atoms with van der Waals surface area (Å²) in [7, 11) is 0. The number of rotatable bonds is 5. The Labute approximate surface area is 159 Å². The van der Waals surface area contributed by atoms with Crippen LogP contribution < -0.4 is 5.32 Å². The Morgan fingerprint density at radius 3 is 2.65 bits per heavy atom. The molecular formula is C19H15ClFN3OS. The lowest BCUT2D eigenvalue weighted by Crippen LogP contribution is -2.14. The lowest BCUT2D eigenvalue weighted by Gasteiger charge is -2.06. The van der Waals surface area contributed by atoms with E-state index in [-0.39, 0.29) is 16.7 Å². The van der Waals surface area contributed by atoms with Gasteiger partial charge in [0.05, 0.1) is 16.5 Å². The molecule has 1 amide bonds. The van der Waals surface area contributed by atoms with E-state index >= 15 is 0 Å². The van der Waals surface area contributed by atoms with Gasteiger partial charge in [0.1, 0.15) is 10.8 Å². The first kappa shape index (κ1) is 18.4. The third-order valence-corrected chi connectivity index (χ3v) is 4.83. The predicted molar refractivity (Wildman–Crippen MR) is 103 cm³/mol. The molecule has 0 aliphatic carbocycles. The zero-order valence-electron chi connectivity index (χ0n) is 13.9. The van der Waals surface area contributed by atoms with Gasteiger partial charge in [-0.15, -0.1) is 10.2 Å². The molecule has 0 saturated heterocycles. The Morgan fingerprint density at radius 2 is 1.96 bits per heavy atom. The molecule has 0 fully saturated rings. The zero-order chi connectivity index (χ0) is 18.5. The molecule has 132 valence electrons. The number of nitrogens with zero attached hydrogens (tertiary/aromatic N) is 2. The number of benzene rings is 2. The number of halogens is 2. The van der Waals surface area contributed by atoms with Crippen LogP contribution in [0.15, 0.2) is 59.6 Å². The molecule has 2 aromatic carbocycles. The number of hydrogen-bond acceptors (Lipinski definition) is 4. The summed E-state index contributed by atoms with van der Waals surface area (Å²) in [5.41, 5.74) is 3.39. The number of amides is 1. The van der Waals surface area contributed by atoms with Crippen molar-refractivity contribution in [3.63, 3.8) is 0 Å². The van der Waals surface area contributed by atoms with Crippen LogP contribution in [-0.4, -0.2) is 21.9 Å². The smallest absolute Gasteiger partial charge is 0.234 e. The van der Waals surface area contributed by atoms with E-state index in [4.69, 9.17) is 11.6 Å². The van der Waals surface area contributed by atoms with E-state index in [0.717, 1.165) is 16.8 Å². The Kier molecular flexibility index (Phi) is 5.85. The third kappa shape index (κ3) is 4.59. The quantitative estimate of drug-likeness (QED) is 0.627. The van der Waals surface area contributed by atoms with Crippen molar-refractivity contribution in [1.29, 1.82) is 0 Å². The van der Waals surface area contributed by atoms with Crippen LogP contribution in [0.4, 0.5) is 10.1 Å².